The smallest absolute Gasteiger partial charge is 0.191 e. The third-order valence-electron chi connectivity index (χ3n) is 4.66. The van der Waals surface area contributed by atoms with Gasteiger partial charge in [0.25, 0.3) is 0 Å². The van der Waals surface area contributed by atoms with Gasteiger partial charge in [0.05, 0.1) is 11.1 Å². The molecule has 0 aliphatic heterocycles. The molecule has 0 radical (unpaired) electrons. The summed E-state index contributed by atoms with van der Waals surface area (Å²) >= 11 is 5.53. The molecule has 5 heteroatoms. The molecule has 0 saturated carbocycles. The first-order valence-corrected chi connectivity index (χ1v) is 11.6. The van der Waals surface area contributed by atoms with Crippen LogP contribution in [0, 0.1) is 5.92 Å². The van der Waals surface area contributed by atoms with Gasteiger partial charge in [0, 0.05) is 25.6 Å². The van der Waals surface area contributed by atoms with Gasteiger partial charge >= 0.3 is 0 Å². The van der Waals surface area contributed by atoms with Gasteiger partial charge in [-0.1, -0.05) is 52.1 Å². The van der Waals surface area contributed by atoms with Gasteiger partial charge in [-0.15, -0.1) is 13.2 Å². The molecule has 0 spiro atoms. The Labute approximate surface area is 149 Å². The molecular weight excluding hydrogens is 322 g/mol. The van der Waals surface area contributed by atoms with Gasteiger partial charge in [0.2, 0.25) is 0 Å². The molecule has 3 nitrogen and oxygen atoms in total. The Morgan fingerprint density at radius 3 is 2.13 bits per heavy atom. The van der Waals surface area contributed by atoms with Gasteiger partial charge in [0.1, 0.15) is 0 Å². The molecule has 0 aromatic heterocycles. The average molecular weight is 358 g/mol. The van der Waals surface area contributed by atoms with Crippen LogP contribution in [0.4, 0.5) is 0 Å². The minimum atomic E-state index is -1.76. The van der Waals surface area contributed by atoms with Gasteiger partial charge < -0.3 is 14.4 Å². The first-order chi connectivity index (χ1) is 10.5. The Kier molecular flexibility index (Phi) is 9.51. The van der Waals surface area contributed by atoms with Crippen LogP contribution in [0.3, 0.4) is 0 Å². The molecule has 2 atom stereocenters. The molecule has 0 aliphatic carbocycles. The lowest BCUT2D eigenvalue weighted by Crippen LogP contribution is -2.42. The molecule has 0 amide bonds. The van der Waals surface area contributed by atoms with E-state index in [-0.39, 0.29) is 11.0 Å². The normalized spacial score (nSPS) is 14.9. The van der Waals surface area contributed by atoms with Crippen LogP contribution in [0.1, 0.15) is 34.1 Å². The van der Waals surface area contributed by atoms with Crippen LogP contribution >= 0.6 is 12.2 Å². The molecule has 0 heterocycles. The summed E-state index contributed by atoms with van der Waals surface area (Å²) < 4.78 is 6.14. The fourth-order valence-corrected chi connectivity index (χ4v) is 3.29. The predicted octanol–water partition coefficient (Wildman–Crippen LogP) is 4.40. The Hall–Kier alpha value is -0.493. The maximum Gasteiger partial charge on any atom is 0.191 e. The predicted molar refractivity (Wildman–Crippen MR) is 108 cm³/mol. The molecule has 134 valence electrons. The second kappa shape index (κ2) is 9.72. The number of hydrogen-bond acceptors (Lipinski definition) is 3. The summed E-state index contributed by atoms with van der Waals surface area (Å²) in [6.07, 6.45) is 3.73. The van der Waals surface area contributed by atoms with E-state index in [0.717, 1.165) is 4.99 Å². The quantitative estimate of drug-likeness (QED) is 0.357. The summed E-state index contributed by atoms with van der Waals surface area (Å²) in [5.41, 5.74) is 0. The molecule has 0 rings (SSSR count). The molecule has 23 heavy (non-hydrogen) atoms. The monoisotopic (exact) mass is 357 g/mol. The first kappa shape index (κ1) is 22.5. The summed E-state index contributed by atoms with van der Waals surface area (Å²) in [5, 5.41) is 10.6. The zero-order valence-electron chi connectivity index (χ0n) is 15.8. The van der Waals surface area contributed by atoms with Gasteiger partial charge in [-0.2, -0.15) is 0 Å². The highest BCUT2D eigenvalue weighted by Crippen LogP contribution is 2.36. The SMILES string of the molecule is C=CCN(CC=C)C(=S)[C@H](C)[C@@H](O)CCO[Si](C)(C)C(C)(C)C. The van der Waals surface area contributed by atoms with Gasteiger partial charge in [-0.3, -0.25) is 0 Å². The van der Waals surface area contributed by atoms with Crippen molar-refractivity contribution in [3.8, 4) is 0 Å². The maximum absolute atomic E-state index is 10.4. The molecule has 0 unspecified atom stereocenters. The van der Waals surface area contributed by atoms with E-state index < -0.39 is 14.4 Å². The summed E-state index contributed by atoms with van der Waals surface area (Å²) in [6.45, 7) is 22.5. The number of nitrogens with zero attached hydrogens (tertiary/aromatic N) is 1. The maximum atomic E-state index is 10.4. The first-order valence-electron chi connectivity index (χ1n) is 8.30. The van der Waals surface area contributed by atoms with Crippen LogP contribution in [0.25, 0.3) is 0 Å². The van der Waals surface area contributed by atoms with Crippen LogP contribution in [-0.4, -0.2) is 49.1 Å². The second-order valence-corrected chi connectivity index (χ2v) is 12.8. The van der Waals surface area contributed by atoms with E-state index in [2.05, 4.69) is 47.0 Å². The van der Waals surface area contributed by atoms with Crippen LogP contribution in [0.5, 0.6) is 0 Å². The van der Waals surface area contributed by atoms with E-state index in [1.807, 2.05) is 24.0 Å². The molecule has 0 saturated heterocycles. The zero-order valence-corrected chi connectivity index (χ0v) is 17.6. The van der Waals surface area contributed by atoms with Gasteiger partial charge in [-0.05, 0) is 24.6 Å². The van der Waals surface area contributed by atoms with Gasteiger partial charge in [-0.25, -0.2) is 0 Å². The number of aliphatic hydroxyl groups excluding tert-OH is 1. The summed E-state index contributed by atoms with van der Waals surface area (Å²) in [4.78, 5) is 2.77. The van der Waals surface area contributed by atoms with Crippen LogP contribution in [-0.2, 0) is 4.43 Å². The van der Waals surface area contributed by atoms with E-state index in [9.17, 15) is 5.11 Å². The number of hydrogen-bond donors (Lipinski definition) is 1. The third kappa shape index (κ3) is 7.29. The lowest BCUT2D eigenvalue weighted by molar-refractivity contribution is 0.108. The van der Waals surface area contributed by atoms with Crippen molar-refractivity contribution >= 4 is 25.5 Å². The summed E-state index contributed by atoms with van der Waals surface area (Å²) in [7, 11) is -1.76. The van der Waals surface area contributed by atoms with Crippen molar-refractivity contribution in [3.63, 3.8) is 0 Å². The third-order valence-corrected chi connectivity index (χ3v) is 9.83. The fourth-order valence-electron chi connectivity index (χ4n) is 1.92. The standard InChI is InChI=1S/C18H35NO2SSi/c1-9-12-19(13-10-2)17(22)15(3)16(20)11-14-21-23(7,8)18(4,5)6/h9-10,15-16,20H,1-2,11-14H2,3-8H3/t15-,16+/m1/s1. The average Bonchev–Trinajstić information content (AvgIpc) is 2.44. The Morgan fingerprint density at radius 2 is 1.74 bits per heavy atom. The Morgan fingerprint density at radius 1 is 1.26 bits per heavy atom. The molecule has 1 N–H and O–H groups in total. The molecule has 0 aliphatic rings. The van der Waals surface area contributed by atoms with Gasteiger partial charge in [0.15, 0.2) is 8.32 Å². The lowest BCUT2D eigenvalue weighted by atomic mass is 10.0. The van der Waals surface area contributed by atoms with E-state index in [1.54, 1.807) is 0 Å². The lowest BCUT2D eigenvalue weighted by Gasteiger charge is -2.36. The van der Waals surface area contributed by atoms with Crippen molar-refractivity contribution in [1.82, 2.24) is 4.90 Å². The molecule has 0 aromatic carbocycles. The summed E-state index contributed by atoms with van der Waals surface area (Å²) in [5.74, 6) is -0.0899. The topological polar surface area (TPSA) is 32.7 Å². The Bertz CT molecular complexity index is 394. The Balaban J connectivity index is 4.55. The molecular formula is C18H35NO2SSi. The molecule has 0 bridgehead atoms. The van der Waals surface area contributed by atoms with Crippen molar-refractivity contribution in [3.05, 3.63) is 25.3 Å². The highest BCUT2D eigenvalue weighted by Gasteiger charge is 2.37. The van der Waals surface area contributed by atoms with Crippen molar-refractivity contribution in [2.24, 2.45) is 5.92 Å². The zero-order chi connectivity index (χ0) is 18.3. The van der Waals surface area contributed by atoms with Crippen molar-refractivity contribution in [1.29, 1.82) is 0 Å². The van der Waals surface area contributed by atoms with Crippen molar-refractivity contribution in [2.45, 2.75) is 58.4 Å². The summed E-state index contributed by atoms with van der Waals surface area (Å²) in [6, 6.07) is 0. The minimum Gasteiger partial charge on any atom is -0.417 e. The number of thiocarbonyl (C=S) groups is 1. The van der Waals surface area contributed by atoms with Crippen molar-refractivity contribution < 1.29 is 9.53 Å². The van der Waals surface area contributed by atoms with Crippen LogP contribution in [0.2, 0.25) is 18.1 Å². The number of aliphatic hydroxyl groups is 1. The van der Waals surface area contributed by atoms with E-state index in [1.165, 1.54) is 0 Å². The second-order valence-electron chi connectivity index (χ2n) is 7.57. The fraction of sp³-hybridized carbons (Fsp3) is 0.722. The van der Waals surface area contributed by atoms with E-state index in [4.69, 9.17) is 16.6 Å². The van der Waals surface area contributed by atoms with E-state index in [0.29, 0.717) is 26.1 Å². The highest BCUT2D eigenvalue weighted by atomic mass is 32.1. The molecule has 0 fully saturated rings. The molecule has 0 aromatic rings. The van der Waals surface area contributed by atoms with Crippen LogP contribution in [0.15, 0.2) is 25.3 Å². The van der Waals surface area contributed by atoms with Crippen LogP contribution < -0.4 is 0 Å². The van der Waals surface area contributed by atoms with E-state index >= 15 is 0 Å². The minimum absolute atomic E-state index is 0.0899. The number of rotatable bonds is 10. The van der Waals surface area contributed by atoms with Crippen molar-refractivity contribution in [2.75, 3.05) is 19.7 Å². The highest BCUT2D eigenvalue weighted by molar-refractivity contribution is 7.80. The largest absolute Gasteiger partial charge is 0.417 e.